The first kappa shape index (κ1) is 23.5. The number of carbonyl (C=O) groups excluding carboxylic acids is 1. The highest BCUT2D eigenvalue weighted by Gasteiger charge is 2.26. The van der Waals surface area contributed by atoms with E-state index in [0.29, 0.717) is 9.72 Å². The SMILES string of the molecule is CN1CCC(C(=O)Nc2ccc(-n3ccc4cc(-c5ccc(Cl)cc5)sc4c3=O)cc2)C1.Cl. The highest BCUT2D eigenvalue weighted by molar-refractivity contribution is 7.22. The molecule has 8 heteroatoms. The van der Waals surface area contributed by atoms with Crippen LogP contribution in [-0.4, -0.2) is 35.5 Å². The molecule has 4 aromatic rings. The van der Waals surface area contributed by atoms with Crippen LogP contribution in [0.2, 0.25) is 5.02 Å². The maximum atomic E-state index is 13.2. The summed E-state index contributed by atoms with van der Waals surface area (Å²) in [5.74, 6) is 0.0763. The van der Waals surface area contributed by atoms with Gasteiger partial charge >= 0.3 is 0 Å². The number of benzene rings is 2. The zero-order valence-electron chi connectivity index (χ0n) is 18.0. The lowest BCUT2D eigenvalue weighted by Gasteiger charge is -2.12. The van der Waals surface area contributed by atoms with Gasteiger partial charge in [-0.25, -0.2) is 0 Å². The Morgan fingerprint density at radius 3 is 2.48 bits per heavy atom. The number of pyridine rings is 1. The van der Waals surface area contributed by atoms with Gasteiger partial charge in [-0.05, 0) is 74.1 Å². The molecule has 3 heterocycles. The fourth-order valence-corrected chi connectivity index (χ4v) is 5.30. The first-order chi connectivity index (χ1) is 15.5. The number of aromatic nitrogens is 1. The Labute approximate surface area is 207 Å². The number of carbonyl (C=O) groups is 1. The van der Waals surface area contributed by atoms with Gasteiger partial charge in [-0.1, -0.05) is 23.7 Å². The molecule has 33 heavy (non-hydrogen) atoms. The van der Waals surface area contributed by atoms with Crippen molar-refractivity contribution < 1.29 is 4.79 Å². The van der Waals surface area contributed by atoms with E-state index in [2.05, 4.69) is 10.2 Å². The minimum atomic E-state index is -0.0570. The van der Waals surface area contributed by atoms with Crippen LogP contribution in [-0.2, 0) is 4.79 Å². The van der Waals surface area contributed by atoms with E-state index in [4.69, 9.17) is 11.6 Å². The van der Waals surface area contributed by atoms with Crippen LogP contribution in [0.4, 0.5) is 5.69 Å². The number of anilines is 1. The maximum Gasteiger partial charge on any atom is 0.273 e. The van der Waals surface area contributed by atoms with Crippen molar-refractivity contribution in [2.45, 2.75) is 6.42 Å². The van der Waals surface area contributed by atoms with Crippen molar-refractivity contribution >= 4 is 57.0 Å². The number of likely N-dealkylation sites (tertiary alicyclic amines) is 1. The number of amides is 1. The van der Waals surface area contributed by atoms with Gasteiger partial charge < -0.3 is 10.2 Å². The third-order valence-corrected chi connectivity index (χ3v) is 7.32. The van der Waals surface area contributed by atoms with Gasteiger partial charge in [-0.3, -0.25) is 14.2 Å². The number of rotatable bonds is 4. The maximum absolute atomic E-state index is 13.2. The van der Waals surface area contributed by atoms with Crippen LogP contribution in [0.3, 0.4) is 0 Å². The smallest absolute Gasteiger partial charge is 0.273 e. The molecule has 2 aromatic heterocycles. The van der Waals surface area contributed by atoms with E-state index in [1.165, 1.54) is 11.3 Å². The molecule has 1 N–H and O–H groups in total. The van der Waals surface area contributed by atoms with Gasteiger partial charge in [0.2, 0.25) is 5.91 Å². The predicted molar refractivity (Wildman–Crippen MR) is 139 cm³/mol. The first-order valence-corrected chi connectivity index (χ1v) is 11.7. The Hall–Kier alpha value is -2.64. The molecular formula is C25H23Cl2N3O2S. The number of thiophene rings is 1. The Kier molecular flexibility index (Phi) is 6.91. The average Bonchev–Trinajstić information content (AvgIpc) is 3.42. The predicted octanol–water partition coefficient (Wildman–Crippen LogP) is 5.68. The molecule has 0 spiro atoms. The zero-order chi connectivity index (χ0) is 22.2. The highest BCUT2D eigenvalue weighted by Crippen LogP contribution is 2.32. The molecule has 1 fully saturated rings. The highest BCUT2D eigenvalue weighted by atomic mass is 35.5. The van der Waals surface area contributed by atoms with Crippen molar-refractivity contribution in [2.75, 3.05) is 25.5 Å². The molecule has 1 aliphatic rings. The van der Waals surface area contributed by atoms with Crippen LogP contribution < -0.4 is 10.9 Å². The third kappa shape index (κ3) is 4.84. The van der Waals surface area contributed by atoms with Crippen LogP contribution in [0.25, 0.3) is 26.2 Å². The number of nitrogens with zero attached hydrogens (tertiary/aromatic N) is 2. The van der Waals surface area contributed by atoms with Crippen LogP contribution in [0.15, 0.2) is 71.7 Å². The number of fused-ring (bicyclic) bond motifs is 1. The molecule has 1 aliphatic heterocycles. The summed E-state index contributed by atoms with van der Waals surface area (Å²) in [6, 6.07) is 19.0. The fraction of sp³-hybridized carbons (Fsp3) is 0.200. The normalized spacial score (nSPS) is 16.0. The minimum Gasteiger partial charge on any atom is -0.326 e. The first-order valence-electron chi connectivity index (χ1n) is 10.5. The number of hydrogen-bond acceptors (Lipinski definition) is 4. The van der Waals surface area contributed by atoms with Gasteiger partial charge in [-0.2, -0.15) is 0 Å². The molecule has 170 valence electrons. The van der Waals surface area contributed by atoms with Crippen molar-refractivity contribution in [3.8, 4) is 16.1 Å². The van der Waals surface area contributed by atoms with Crippen molar-refractivity contribution in [1.82, 2.24) is 9.47 Å². The molecule has 0 bridgehead atoms. The van der Waals surface area contributed by atoms with Crippen molar-refractivity contribution in [1.29, 1.82) is 0 Å². The summed E-state index contributed by atoms with van der Waals surface area (Å²) in [5.41, 5.74) is 2.48. The summed E-state index contributed by atoms with van der Waals surface area (Å²) >= 11 is 7.47. The zero-order valence-corrected chi connectivity index (χ0v) is 20.3. The molecule has 1 atom stereocenters. The fourth-order valence-electron chi connectivity index (χ4n) is 4.09. The van der Waals surface area contributed by atoms with Gasteiger partial charge in [0.25, 0.3) is 5.56 Å². The quantitative estimate of drug-likeness (QED) is 0.392. The monoisotopic (exact) mass is 499 g/mol. The molecule has 1 unspecified atom stereocenters. The number of halogens is 2. The molecule has 5 nitrogen and oxygen atoms in total. The summed E-state index contributed by atoms with van der Waals surface area (Å²) in [4.78, 5) is 28.8. The van der Waals surface area contributed by atoms with Crippen LogP contribution >= 0.6 is 35.3 Å². The van der Waals surface area contributed by atoms with E-state index in [1.807, 2.05) is 67.7 Å². The second-order valence-corrected chi connectivity index (χ2v) is 9.67. The lowest BCUT2D eigenvalue weighted by molar-refractivity contribution is -0.119. The lowest BCUT2D eigenvalue weighted by atomic mass is 10.1. The summed E-state index contributed by atoms with van der Waals surface area (Å²) in [7, 11) is 2.03. The third-order valence-electron chi connectivity index (χ3n) is 5.88. The summed E-state index contributed by atoms with van der Waals surface area (Å²) in [6.07, 6.45) is 2.68. The Bertz CT molecular complexity index is 1350. The van der Waals surface area contributed by atoms with Crippen LogP contribution in [0.1, 0.15) is 6.42 Å². The van der Waals surface area contributed by atoms with Crippen LogP contribution in [0.5, 0.6) is 0 Å². The van der Waals surface area contributed by atoms with E-state index in [9.17, 15) is 9.59 Å². The van der Waals surface area contributed by atoms with E-state index in [-0.39, 0.29) is 29.8 Å². The van der Waals surface area contributed by atoms with Crippen molar-refractivity contribution in [3.63, 3.8) is 0 Å². The topological polar surface area (TPSA) is 54.3 Å². The largest absolute Gasteiger partial charge is 0.326 e. The summed E-state index contributed by atoms with van der Waals surface area (Å²) in [5, 5.41) is 4.60. The standard InChI is InChI=1S/C25H22ClN3O2S.ClH/c1-28-12-10-18(15-28)24(30)27-20-6-8-21(9-7-20)29-13-11-17-14-22(32-23(17)25(29)31)16-2-4-19(26)5-3-16;/h2-9,11,13-14,18H,10,12,15H2,1H3,(H,27,30);1H. The average molecular weight is 500 g/mol. The number of hydrogen-bond donors (Lipinski definition) is 1. The van der Waals surface area contributed by atoms with Gasteiger partial charge in [0.15, 0.2) is 0 Å². The molecule has 1 amide bonds. The Balaban J connectivity index is 0.00000259. The van der Waals surface area contributed by atoms with Crippen LogP contribution in [0, 0.1) is 5.92 Å². The molecule has 0 radical (unpaired) electrons. The molecule has 0 aliphatic carbocycles. The molecular weight excluding hydrogens is 477 g/mol. The van der Waals surface area contributed by atoms with E-state index in [1.54, 1.807) is 10.8 Å². The van der Waals surface area contributed by atoms with Gasteiger partial charge in [0, 0.05) is 39.4 Å². The number of nitrogens with one attached hydrogen (secondary N) is 1. The lowest BCUT2D eigenvalue weighted by Crippen LogP contribution is -2.25. The molecule has 2 aromatic carbocycles. The minimum absolute atomic E-state index is 0. The molecule has 5 rings (SSSR count). The summed E-state index contributed by atoms with van der Waals surface area (Å²) < 4.78 is 2.35. The van der Waals surface area contributed by atoms with Crippen molar-refractivity contribution in [3.05, 3.63) is 82.2 Å². The van der Waals surface area contributed by atoms with Gasteiger partial charge in [0.1, 0.15) is 4.70 Å². The van der Waals surface area contributed by atoms with Gasteiger partial charge in [0.05, 0.1) is 5.92 Å². The van der Waals surface area contributed by atoms with Gasteiger partial charge in [-0.15, -0.1) is 23.7 Å². The Morgan fingerprint density at radius 2 is 1.82 bits per heavy atom. The Morgan fingerprint density at radius 1 is 1.09 bits per heavy atom. The second-order valence-electron chi connectivity index (χ2n) is 8.18. The van der Waals surface area contributed by atoms with E-state index >= 15 is 0 Å². The molecule has 0 saturated carbocycles. The van der Waals surface area contributed by atoms with E-state index < -0.39 is 0 Å². The molecule has 1 saturated heterocycles. The van der Waals surface area contributed by atoms with E-state index in [0.717, 1.165) is 46.7 Å². The second kappa shape index (κ2) is 9.69. The summed E-state index contributed by atoms with van der Waals surface area (Å²) in [6.45, 7) is 1.74. The van der Waals surface area contributed by atoms with Crippen molar-refractivity contribution in [2.24, 2.45) is 5.92 Å².